The Morgan fingerprint density at radius 1 is 1.64 bits per heavy atom. The summed E-state index contributed by atoms with van der Waals surface area (Å²) in [7, 11) is 1.00. The summed E-state index contributed by atoms with van der Waals surface area (Å²) >= 11 is 0. The van der Waals surface area contributed by atoms with Crippen LogP contribution in [0.25, 0.3) is 0 Å². The highest BCUT2D eigenvalue weighted by atomic mass is 16.5. The molecular formula is C5H8N2O4. The number of aromatic amines is 1. The van der Waals surface area contributed by atoms with Crippen LogP contribution in [0, 0.1) is 0 Å². The number of carbonyl (C=O) groups excluding carboxylic acids is 1. The van der Waals surface area contributed by atoms with E-state index in [0.717, 1.165) is 13.2 Å². The fraction of sp³-hybridized carbons (Fsp3) is 0.200. The van der Waals surface area contributed by atoms with Crippen LogP contribution in [0.4, 0.5) is 0 Å². The maximum Gasteiger partial charge on any atom is 0.302 e. The van der Waals surface area contributed by atoms with Crippen LogP contribution >= 0.6 is 0 Å². The van der Waals surface area contributed by atoms with E-state index in [1.807, 2.05) is 0 Å². The van der Waals surface area contributed by atoms with E-state index in [1.165, 1.54) is 0 Å². The molecular weight excluding hydrogens is 152 g/mol. The SMILES string of the molecule is CO.O=Cc1cc(=O)n(O)[nH]1. The molecule has 1 aromatic heterocycles. The van der Waals surface area contributed by atoms with E-state index in [4.69, 9.17) is 10.3 Å². The van der Waals surface area contributed by atoms with Crippen molar-refractivity contribution < 1.29 is 15.1 Å². The zero-order valence-corrected chi connectivity index (χ0v) is 5.81. The third-order valence-corrected chi connectivity index (χ3v) is 0.850. The van der Waals surface area contributed by atoms with E-state index in [0.29, 0.717) is 6.29 Å². The van der Waals surface area contributed by atoms with Crippen molar-refractivity contribution in [1.29, 1.82) is 0 Å². The van der Waals surface area contributed by atoms with Gasteiger partial charge in [0.25, 0.3) is 0 Å². The van der Waals surface area contributed by atoms with E-state index < -0.39 is 5.56 Å². The van der Waals surface area contributed by atoms with Crippen LogP contribution in [0.15, 0.2) is 10.9 Å². The number of hydrogen-bond acceptors (Lipinski definition) is 4. The van der Waals surface area contributed by atoms with Gasteiger partial charge < -0.3 is 10.3 Å². The molecule has 11 heavy (non-hydrogen) atoms. The van der Waals surface area contributed by atoms with Gasteiger partial charge in [-0.25, -0.2) is 0 Å². The lowest BCUT2D eigenvalue weighted by Crippen LogP contribution is -2.11. The highest BCUT2D eigenvalue weighted by Crippen LogP contribution is 1.78. The molecule has 0 unspecified atom stereocenters. The van der Waals surface area contributed by atoms with Crippen molar-refractivity contribution >= 4 is 6.29 Å². The molecule has 6 nitrogen and oxygen atoms in total. The molecule has 0 aliphatic carbocycles. The van der Waals surface area contributed by atoms with Crippen LogP contribution in [0.1, 0.15) is 10.5 Å². The largest absolute Gasteiger partial charge is 0.410 e. The molecule has 6 heteroatoms. The number of carbonyl (C=O) groups is 1. The van der Waals surface area contributed by atoms with Gasteiger partial charge in [0.05, 0.1) is 0 Å². The predicted octanol–water partition coefficient (Wildman–Crippen LogP) is -1.17. The average Bonchev–Trinajstić information content (AvgIpc) is 2.36. The van der Waals surface area contributed by atoms with Gasteiger partial charge in [-0.1, -0.05) is 4.85 Å². The topological polar surface area (TPSA) is 95.3 Å². The van der Waals surface area contributed by atoms with Crippen molar-refractivity contribution in [2.75, 3.05) is 7.11 Å². The Balaban J connectivity index is 0.000000461. The van der Waals surface area contributed by atoms with Crippen molar-refractivity contribution in [2.24, 2.45) is 0 Å². The maximum atomic E-state index is 10.3. The van der Waals surface area contributed by atoms with Crippen LogP contribution in [0.3, 0.4) is 0 Å². The van der Waals surface area contributed by atoms with E-state index in [2.05, 4.69) is 5.10 Å². The molecule has 0 saturated carbocycles. The fourth-order valence-electron chi connectivity index (χ4n) is 0.464. The molecule has 1 heterocycles. The number of aliphatic hydroxyl groups is 1. The Kier molecular flexibility index (Phi) is 3.68. The van der Waals surface area contributed by atoms with Gasteiger partial charge in [-0.3, -0.25) is 14.7 Å². The molecule has 0 radical (unpaired) electrons. The summed E-state index contributed by atoms with van der Waals surface area (Å²) < 4.78 is 0. The number of aldehydes is 1. The highest BCUT2D eigenvalue weighted by Gasteiger charge is 1.96. The lowest BCUT2D eigenvalue weighted by Gasteiger charge is -1.81. The Morgan fingerprint density at radius 3 is 2.36 bits per heavy atom. The molecule has 0 spiro atoms. The molecule has 0 aliphatic heterocycles. The van der Waals surface area contributed by atoms with Crippen LogP contribution in [-0.2, 0) is 0 Å². The van der Waals surface area contributed by atoms with Gasteiger partial charge >= 0.3 is 5.56 Å². The standard InChI is InChI=1S/C4H4N2O3.CH4O/c7-2-3-1-4(8)6(9)5-3;1-2/h1-2,5,9H;2H,1H3. The average molecular weight is 160 g/mol. The van der Waals surface area contributed by atoms with Gasteiger partial charge in [0.1, 0.15) is 5.69 Å². The van der Waals surface area contributed by atoms with E-state index in [9.17, 15) is 9.59 Å². The lowest BCUT2D eigenvalue weighted by molar-refractivity contribution is 0.109. The number of H-pyrrole nitrogens is 1. The Labute approximate surface area is 61.6 Å². The first kappa shape index (κ1) is 9.44. The molecule has 1 rings (SSSR count). The van der Waals surface area contributed by atoms with Crippen LogP contribution in [0.2, 0.25) is 0 Å². The summed E-state index contributed by atoms with van der Waals surface area (Å²) in [6.07, 6.45) is 0.439. The summed E-state index contributed by atoms with van der Waals surface area (Å²) in [5.74, 6) is 0. The number of rotatable bonds is 1. The maximum absolute atomic E-state index is 10.3. The first-order chi connectivity index (χ1) is 5.24. The number of aromatic nitrogens is 2. The van der Waals surface area contributed by atoms with Gasteiger partial charge in [0.2, 0.25) is 0 Å². The molecule has 0 fully saturated rings. The Hall–Kier alpha value is -1.56. The molecule has 1 aromatic rings. The van der Waals surface area contributed by atoms with Crippen molar-refractivity contribution in [3.05, 3.63) is 22.1 Å². The van der Waals surface area contributed by atoms with Gasteiger partial charge in [-0.05, 0) is 0 Å². The van der Waals surface area contributed by atoms with E-state index >= 15 is 0 Å². The fourth-order valence-corrected chi connectivity index (χ4v) is 0.464. The number of hydrogen-bond donors (Lipinski definition) is 3. The molecule has 0 bridgehead atoms. The molecule has 0 atom stereocenters. The quantitative estimate of drug-likeness (QED) is 0.356. The monoisotopic (exact) mass is 160 g/mol. The predicted molar refractivity (Wildman–Crippen MR) is 35.8 cm³/mol. The number of aliphatic hydroxyl groups excluding tert-OH is 1. The minimum Gasteiger partial charge on any atom is -0.410 e. The molecule has 0 aromatic carbocycles. The normalized spacial score (nSPS) is 8.18. The van der Waals surface area contributed by atoms with Gasteiger partial charge in [-0.15, -0.1) is 0 Å². The second-order valence-corrected chi connectivity index (χ2v) is 1.48. The third kappa shape index (κ3) is 2.26. The summed E-state index contributed by atoms with van der Waals surface area (Å²) in [6.45, 7) is 0. The Bertz CT molecular complexity index is 274. The van der Waals surface area contributed by atoms with Gasteiger partial charge in [-0.2, -0.15) is 0 Å². The van der Waals surface area contributed by atoms with Crippen molar-refractivity contribution in [1.82, 2.24) is 9.94 Å². The lowest BCUT2D eigenvalue weighted by atomic mass is 10.5. The molecule has 0 aliphatic rings. The second kappa shape index (κ2) is 4.29. The van der Waals surface area contributed by atoms with Gasteiger partial charge in [0.15, 0.2) is 6.29 Å². The number of nitrogens with zero attached hydrogens (tertiary/aromatic N) is 1. The smallest absolute Gasteiger partial charge is 0.302 e. The first-order valence-electron chi connectivity index (χ1n) is 2.65. The molecule has 0 amide bonds. The first-order valence-corrected chi connectivity index (χ1v) is 2.65. The third-order valence-electron chi connectivity index (χ3n) is 0.850. The zero-order valence-electron chi connectivity index (χ0n) is 5.81. The van der Waals surface area contributed by atoms with Gasteiger partial charge in [0, 0.05) is 13.2 Å². The van der Waals surface area contributed by atoms with E-state index in [-0.39, 0.29) is 10.5 Å². The van der Waals surface area contributed by atoms with E-state index in [1.54, 1.807) is 0 Å². The summed E-state index contributed by atoms with van der Waals surface area (Å²) in [5.41, 5.74) is -0.584. The van der Waals surface area contributed by atoms with Crippen molar-refractivity contribution in [3.8, 4) is 0 Å². The van der Waals surface area contributed by atoms with Crippen molar-refractivity contribution in [2.45, 2.75) is 0 Å². The van der Waals surface area contributed by atoms with Crippen LogP contribution < -0.4 is 5.56 Å². The molecule has 62 valence electrons. The molecule has 3 N–H and O–H groups in total. The van der Waals surface area contributed by atoms with Crippen LogP contribution in [0.5, 0.6) is 0 Å². The van der Waals surface area contributed by atoms with Crippen LogP contribution in [-0.4, -0.2) is 33.7 Å². The number of nitrogens with one attached hydrogen (secondary N) is 1. The minimum absolute atomic E-state index is 0.0579. The zero-order chi connectivity index (χ0) is 8.85. The summed E-state index contributed by atoms with van der Waals surface area (Å²) in [6, 6.07) is 0.993. The highest BCUT2D eigenvalue weighted by molar-refractivity contribution is 5.71. The van der Waals surface area contributed by atoms with Crippen molar-refractivity contribution in [3.63, 3.8) is 0 Å². The second-order valence-electron chi connectivity index (χ2n) is 1.48. The molecule has 0 saturated heterocycles. The minimum atomic E-state index is -0.642. The summed E-state index contributed by atoms with van der Waals surface area (Å²) in [4.78, 5) is 20.4. The summed E-state index contributed by atoms with van der Waals surface area (Å²) in [5, 5.41) is 17.5. The Morgan fingerprint density at radius 2 is 2.18 bits per heavy atom.